The average molecular weight is 299 g/mol. The van der Waals surface area contributed by atoms with Crippen molar-refractivity contribution in [3.05, 3.63) is 53.4 Å². The van der Waals surface area contributed by atoms with E-state index in [1.165, 1.54) is 21.7 Å². The summed E-state index contributed by atoms with van der Waals surface area (Å²) in [5.74, 6) is 0. The highest BCUT2D eigenvalue weighted by molar-refractivity contribution is 6.10. The normalized spacial score (nSPS) is 11.5. The maximum Gasteiger partial charge on any atom is 0.129 e. The summed E-state index contributed by atoms with van der Waals surface area (Å²) in [5, 5.41) is 22.6. The lowest BCUT2D eigenvalue weighted by atomic mass is 10.1. The van der Waals surface area contributed by atoms with Crippen molar-refractivity contribution in [2.45, 2.75) is 26.3 Å². The second kappa shape index (κ2) is 6.38. The van der Waals surface area contributed by atoms with Crippen LogP contribution in [0.3, 0.4) is 0 Å². The fraction of sp³-hybridized carbons (Fsp3) is 0.200. The summed E-state index contributed by atoms with van der Waals surface area (Å²) < 4.78 is 2.30. The zero-order valence-corrected chi connectivity index (χ0v) is 13.1. The minimum atomic E-state index is 0.121. The van der Waals surface area contributed by atoms with Gasteiger partial charge in [-0.25, -0.2) is 0 Å². The van der Waals surface area contributed by atoms with Gasteiger partial charge in [-0.1, -0.05) is 43.7 Å². The van der Waals surface area contributed by atoms with Crippen LogP contribution in [0.5, 0.6) is 0 Å². The molecule has 0 radical (unpaired) electrons. The molecule has 0 saturated carbocycles. The number of unbranched alkanes of at least 4 members (excludes halogenated alkanes) is 1. The van der Waals surface area contributed by atoms with Gasteiger partial charge in [0.05, 0.1) is 0 Å². The number of benzene rings is 2. The van der Waals surface area contributed by atoms with Crippen molar-refractivity contribution in [3.8, 4) is 12.1 Å². The van der Waals surface area contributed by atoms with Gasteiger partial charge in [0, 0.05) is 28.2 Å². The minimum absolute atomic E-state index is 0.121. The molecule has 3 nitrogen and oxygen atoms in total. The van der Waals surface area contributed by atoms with E-state index in [9.17, 15) is 0 Å². The monoisotopic (exact) mass is 299 g/mol. The molecule has 0 aliphatic carbocycles. The van der Waals surface area contributed by atoms with E-state index in [0.717, 1.165) is 24.7 Å². The summed E-state index contributed by atoms with van der Waals surface area (Å²) in [7, 11) is 0. The predicted molar refractivity (Wildman–Crippen MR) is 93.3 cm³/mol. The van der Waals surface area contributed by atoms with Crippen LogP contribution in [0.4, 0.5) is 0 Å². The van der Waals surface area contributed by atoms with Crippen molar-refractivity contribution >= 4 is 27.8 Å². The van der Waals surface area contributed by atoms with Gasteiger partial charge >= 0.3 is 0 Å². The molecular weight excluding hydrogens is 282 g/mol. The molecular formula is C20H17N3. The molecule has 0 saturated heterocycles. The van der Waals surface area contributed by atoms with Crippen molar-refractivity contribution in [2.75, 3.05) is 0 Å². The first kappa shape index (κ1) is 14.9. The van der Waals surface area contributed by atoms with E-state index in [2.05, 4.69) is 47.9 Å². The quantitative estimate of drug-likeness (QED) is 0.682. The van der Waals surface area contributed by atoms with Crippen LogP contribution in [0.2, 0.25) is 0 Å². The summed E-state index contributed by atoms with van der Waals surface area (Å²) >= 11 is 0. The van der Waals surface area contributed by atoms with Crippen LogP contribution in [0.15, 0.2) is 48.0 Å². The molecule has 0 fully saturated rings. The number of nitrogens with zero attached hydrogens (tertiary/aromatic N) is 3. The maximum absolute atomic E-state index is 8.95. The highest BCUT2D eigenvalue weighted by Crippen LogP contribution is 2.25. The van der Waals surface area contributed by atoms with Gasteiger partial charge in [-0.2, -0.15) is 10.5 Å². The smallest absolute Gasteiger partial charge is 0.129 e. The van der Waals surface area contributed by atoms with Crippen LogP contribution in [-0.4, -0.2) is 4.57 Å². The third-order valence-electron chi connectivity index (χ3n) is 4.12. The summed E-state index contributed by atoms with van der Waals surface area (Å²) in [5.41, 5.74) is 1.33. The number of aromatic nitrogens is 1. The number of rotatable bonds is 4. The van der Waals surface area contributed by atoms with Gasteiger partial charge in [-0.05, 0) is 30.0 Å². The molecule has 0 spiro atoms. The van der Waals surface area contributed by atoms with E-state index < -0.39 is 0 Å². The Morgan fingerprint density at radius 2 is 1.87 bits per heavy atom. The third kappa shape index (κ3) is 2.58. The number of hydrogen-bond donors (Lipinski definition) is 0. The number of allylic oxidation sites excluding steroid dienone is 2. The molecule has 112 valence electrons. The summed E-state index contributed by atoms with van der Waals surface area (Å²) in [6, 6.07) is 16.5. The van der Waals surface area contributed by atoms with Crippen LogP contribution >= 0.6 is 0 Å². The van der Waals surface area contributed by atoms with Crippen molar-refractivity contribution in [2.24, 2.45) is 0 Å². The first-order valence-electron chi connectivity index (χ1n) is 7.82. The molecule has 3 rings (SSSR count). The lowest BCUT2D eigenvalue weighted by molar-refractivity contribution is 0.640. The zero-order chi connectivity index (χ0) is 16.2. The SMILES string of the molecule is CCCCn1c(=CC=C(C#N)C#N)c2cccc3cccc1c32. The molecule has 0 aliphatic rings. The molecule has 0 aliphatic heterocycles. The first-order chi connectivity index (χ1) is 11.3. The molecule has 0 N–H and O–H groups in total. The lowest BCUT2D eigenvalue weighted by Gasteiger charge is -2.05. The molecule has 23 heavy (non-hydrogen) atoms. The Hall–Kier alpha value is -3.04. The summed E-state index contributed by atoms with van der Waals surface area (Å²) in [6.45, 7) is 3.11. The number of nitriles is 2. The summed E-state index contributed by atoms with van der Waals surface area (Å²) in [4.78, 5) is 0. The highest BCUT2D eigenvalue weighted by Gasteiger charge is 2.10. The second-order valence-corrected chi connectivity index (χ2v) is 5.54. The van der Waals surface area contributed by atoms with E-state index in [4.69, 9.17) is 10.5 Å². The molecule has 0 bridgehead atoms. The predicted octanol–water partition coefficient (Wildman–Crippen LogP) is 4.07. The van der Waals surface area contributed by atoms with Gasteiger partial charge in [0.15, 0.2) is 0 Å². The van der Waals surface area contributed by atoms with Crippen molar-refractivity contribution in [1.29, 1.82) is 10.5 Å². The third-order valence-corrected chi connectivity index (χ3v) is 4.12. The lowest BCUT2D eigenvalue weighted by Crippen LogP contribution is -2.16. The van der Waals surface area contributed by atoms with Crippen molar-refractivity contribution in [1.82, 2.24) is 4.57 Å². The second-order valence-electron chi connectivity index (χ2n) is 5.54. The van der Waals surface area contributed by atoms with Crippen molar-refractivity contribution < 1.29 is 0 Å². The number of hydrogen-bond acceptors (Lipinski definition) is 2. The topological polar surface area (TPSA) is 52.5 Å². The molecule has 1 aromatic heterocycles. The van der Waals surface area contributed by atoms with E-state index in [-0.39, 0.29) is 5.57 Å². The Kier molecular flexibility index (Phi) is 4.13. The van der Waals surface area contributed by atoms with E-state index in [1.54, 1.807) is 6.08 Å². The molecule has 0 atom stereocenters. The zero-order valence-electron chi connectivity index (χ0n) is 13.1. The highest BCUT2D eigenvalue weighted by atomic mass is 15.0. The van der Waals surface area contributed by atoms with Gasteiger partial charge in [0.1, 0.15) is 17.7 Å². The molecule has 1 heterocycles. The Morgan fingerprint density at radius 3 is 2.57 bits per heavy atom. The van der Waals surface area contributed by atoms with E-state index in [1.807, 2.05) is 18.2 Å². The van der Waals surface area contributed by atoms with Gasteiger partial charge in [-0.3, -0.25) is 0 Å². The van der Waals surface area contributed by atoms with Crippen LogP contribution in [0.25, 0.3) is 27.8 Å². The molecule has 3 heteroatoms. The largest absolute Gasteiger partial charge is 0.340 e. The Labute approximate surface area is 135 Å². The minimum Gasteiger partial charge on any atom is -0.340 e. The van der Waals surface area contributed by atoms with Crippen LogP contribution in [-0.2, 0) is 6.54 Å². The summed E-state index contributed by atoms with van der Waals surface area (Å²) in [6.07, 6.45) is 5.72. The Balaban J connectivity index is 2.37. The standard InChI is InChI=1S/C20H17N3/c1-2-3-12-23-18(11-10-15(13-21)14-22)17-8-4-6-16-7-5-9-19(23)20(16)17/h4-11H,2-3,12H2,1H3. The molecule has 2 aromatic carbocycles. The van der Waals surface area contributed by atoms with Crippen LogP contribution in [0, 0.1) is 22.7 Å². The van der Waals surface area contributed by atoms with E-state index >= 15 is 0 Å². The average Bonchev–Trinajstić information content (AvgIpc) is 2.89. The molecule has 3 aromatic rings. The van der Waals surface area contributed by atoms with E-state index in [0.29, 0.717) is 0 Å². The van der Waals surface area contributed by atoms with Crippen molar-refractivity contribution in [3.63, 3.8) is 0 Å². The molecule has 0 unspecified atom stereocenters. The van der Waals surface area contributed by atoms with Gasteiger partial charge in [-0.15, -0.1) is 0 Å². The number of aryl methyl sites for hydroxylation is 1. The maximum atomic E-state index is 8.95. The van der Waals surface area contributed by atoms with Crippen LogP contribution < -0.4 is 5.35 Å². The Bertz CT molecular complexity index is 1000. The van der Waals surface area contributed by atoms with Gasteiger partial charge in [0.25, 0.3) is 0 Å². The van der Waals surface area contributed by atoms with Crippen LogP contribution in [0.1, 0.15) is 19.8 Å². The molecule has 0 amide bonds. The van der Waals surface area contributed by atoms with Gasteiger partial charge < -0.3 is 4.57 Å². The van der Waals surface area contributed by atoms with Gasteiger partial charge in [0.2, 0.25) is 0 Å². The first-order valence-corrected chi connectivity index (χ1v) is 7.82. The Morgan fingerprint density at radius 1 is 1.13 bits per heavy atom. The fourth-order valence-corrected chi connectivity index (χ4v) is 3.03. The fourth-order valence-electron chi connectivity index (χ4n) is 3.03.